The minimum Gasteiger partial charge on any atom is -0.477 e. The number of hydrogen-bond donors (Lipinski definition) is 1. The van der Waals surface area contributed by atoms with Crippen molar-refractivity contribution in [3.05, 3.63) is 27.5 Å². The summed E-state index contributed by atoms with van der Waals surface area (Å²) in [6.45, 7) is -0.256. The van der Waals surface area contributed by atoms with Crippen LogP contribution < -0.4 is 5.43 Å². The van der Waals surface area contributed by atoms with Crippen LogP contribution in [0.2, 0.25) is 0 Å². The first-order valence-corrected chi connectivity index (χ1v) is 5.94. The van der Waals surface area contributed by atoms with Gasteiger partial charge in [0.15, 0.2) is 5.43 Å². The Labute approximate surface area is 110 Å². The normalized spacial score (nSPS) is 17.9. The first kappa shape index (κ1) is 12.9. The Morgan fingerprint density at radius 2 is 2.05 bits per heavy atom. The van der Waals surface area contributed by atoms with Crippen molar-refractivity contribution in [2.75, 3.05) is 0 Å². The van der Waals surface area contributed by atoms with Gasteiger partial charge < -0.3 is 9.67 Å². The Kier molecular flexibility index (Phi) is 2.54. The zero-order chi connectivity index (χ0) is 14.7. The summed E-state index contributed by atoms with van der Waals surface area (Å²) in [5.41, 5.74) is -2.74. The predicted octanol–water partition coefficient (Wildman–Crippen LogP) is 1.92. The molecule has 2 aliphatic rings. The molecule has 0 atom stereocenters. The van der Waals surface area contributed by atoms with Crippen LogP contribution in [0.5, 0.6) is 0 Å². The summed E-state index contributed by atoms with van der Waals surface area (Å²) < 4.78 is 40.3. The highest BCUT2D eigenvalue weighted by Gasteiger charge is 2.42. The van der Waals surface area contributed by atoms with Gasteiger partial charge in [-0.3, -0.25) is 4.79 Å². The van der Waals surface area contributed by atoms with Crippen molar-refractivity contribution in [3.63, 3.8) is 0 Å². The lowest BCUT2D eigenvalue weighted by atomic mass is 10.1. The number of alkyl halides is 3. The number of rotatable bonds is 2. The highest BCUT2D eigenvalue weighted by molar-refractivity contribution is 6.36. The van der Waals surface area contributed by atoms with Crippen LogP contribution in [0.25, 0.3) is 0 Å². The highest BCUT2D eigenvalue weighted by atomic mass is 19.4. The number of fused-ring (bicyclic) bond motifs is 1. The fraction of sp³-hybridized carbons (Fsp3) is 0.417. The van der Waals surface area contributed by atoms with E-state index < -0.39 is 34.7 Å². The molecule has 1 aliphatic heterocycles. The standard InChI is InChI=1S/C12H9F3N2O3/c13-12(14,15)8-9(18)6(5-1-2-5)3-17-4-7(11(19)20)16-10(8)17/h3,5H,1-2,4H2,(H,19,20). The van der Waals surface area contributed by atoms with Crippen LogP contribution in [-0.2, 0) is 17.5 Å². The van der Waals surface area contributed by atoms with Crippen molar-refractivity contribution in [3.8, 4) is 0 Å². The van der Waals surface area contributed by atoms with E-state index in [9.17, 15) is 22.8 Å². The predicted molar refractivity (Wildman–Crippen MR) is 62.4 cm³/mol. The van der Waals surface area contributed by atoms with E-state index in [4.69, 9.17) is 5.11 Å². The van der Waals surface area contributed by atoms with E-state index in [0.717, 1.165) is 4.57 Å². The molecule has 1 aliphatic carbocycles. The Morgan fingerprint density at radius 3 is 2.55 bits per heavy atom. The number of carboxylic acids is 1. The summed E-state index contributed by atoms with van der Waals surface area (Å²) in [5, 5.41) is 8.84. The van der Waals surface area contributed by atoms with Gasteiger partial charge in [-0.1, -0.05) is 0 Å². The van der Waals surface area contributed by atoms with Gasteiger partial charge in [0.2, 0.25) is 0 Å². The summed E-state index contributed by atoms with van der Waals surface area (Å²) in [6.07, 6.45) is -2.18. The summed E-state index contributed by atoms with van der Waals surface area (Å²) in [4.78, 5) is 26.3. The molecule has 8 heteroatoms. The minimum atomic E-state index is -4.85. The third-order valence-electron chi connectivity index (χ3n) is 3.39. The van der Waals surface area contributed by atoms with Crippen molar-refractivity contribution in [1.29, 1.82) is 0 Å². The van der Waals surface area contributed by atoms with Crippen LogP contribution in [0.15, 0.2) is 16.0 Å². The van der Waals surface area contributed by atoms with E-state index >= 15 is 0 Å². The van der Waals surface area contributed by atoms with Crippen LogP contribution in [0, 0.1) is 0 Å². The molecule has 0 saturated heterocycles. The van der Waals surface area contributed by atoms with Crippen molar-refractivity contribution in [2.24, 2.45) is 4.99 Å². The van der Waals surface area contributed by atoms with E-state index in [-0.39, 0.29) is 18.0 Å². The molecule has 1 fully saturated rings. The highest BCUT2D eigenvalue weighted by Crippen LogP contribution is 2.42. The Hall–Kier alpha value is -2.12. The van der Waals surface area contributed by atoms with Gasteiger partial charge in [0.1, 0.15) is 17.1 Å². The smallest absolute Gasteiger partial charge is 0.423 e. The Balaban J connectivity index is 2.25. The van der Waals surface area contributed by atoms with Crippen LogP contribution in [0.3, 0.4) is 0 Å². The van der Waals surface area contributed by atoms with Crippen molar-refractivity contribution in [1.82, 2.24) is 4.57 Å². The van der Waals surface area contributed by atoms with Gasteiger partial charge in [-0.25, -0.2) is 9.79 Å². The molecule has 3 rings (SSSR count). The average molecular weight is 286 g/mol. The maximum atomic E-state index is 13.1. The van der Waals surface area contributed by atoms with Crippen molar-refractivity contribution >= 4 is 17.5 Å². The van der Waals surface area contributed by atoms with Gasteiger partial charge in [-0.15, -0.1) is 0 Å². The molecule has 1 aromatic heterocycles. The van der Waals surface area contributed by atoms with Crippen molar-refractivity contribution in [2.45, 2.75) is 31.5 Å². The Bertz CT molecular complexity index is 699. The fourth-order valence-corrected chi connectivity index (χ4v) is 2.30. The summed E-state index contributed by atoms with van der Waals surface area (Å²) in [6, 6.07) is 0. The van der Waals surface area contributed by atoms with E-state index in [1.54, 1.807) is 0 Å². The minimum absolute atomic E-state index is 0.0999. The summed E-state index contributed by atoms with van der Waals surface area (Å²) in [5.74, 6) is -2.15. The lowest BCUT2D eigenvalue weighted by Gasteiger charge is -2.13. The monoisotopic (exact) mass is 286 g/mol. The maximum Gasteiger partial charge on any atom is 0.423 e. The first-order chi connectivity index (χ1) is 9.29. The molecular weight excluding hydrogens is 277 g/mol. The first-order valence-electron chi connectivity index (χ1n) is 5.94. The van der Waals surface area contributed by atoms with E-state index in [1.807, 2.05) is 0 Å². The number of hydrogen-bond acceptors (Lipinski definition) is 3. The number of carbonyl (C=O) groups is 1. The molecular formula is C12H9F3N2O3. The van der Waals surface area contributed by atoms with Crippen LogP contribution in [0.4, 0.5) is 19.0 Å². The quantitative estimate of drug-likeness (QED) is 0.902. The number of aromatic nitrogens is 1. The van der Waals surface area contributed by atoms with Crippen LogP contribution in [-0.4, -0.2) is 21.4 Å². The van der Waals surface area contributed by atoms with Crippen molar-refractivity contribution < 1.29 is 23.1 Å². The molecule has 1 aromatic rings. The molecule has 0 radical (unpaired) electrons. The molecule has 0 amide bonds. The lowest BCUT2D eigenvalue weighted by Crippen LogP contribution is -2.24. The van der Waals surface area contributed by atoms with E-state index in [0.29, 0.717) is 12.8 Å². The number of pyridine rings is 1. The number of carboxylic acid groups (broad SMARTS) is 1. The van der Waals surface area contributed by atoms with Gasteiger partial charge in [-0.05, 0) is 18.8 Å². The number of aliphatic imine (C=N–C) groups is 1. The number of nitrogens with zero attached hydrogens (tertiary/aromatic N) is 2. The largest absolute Gasteiger partial charge is 0.477 e. The zero-order valence-corrected chi connectivity index (χ0v) is 10.1. The number of aliphatic carboxylic acids is 1. The molecule has 106 valence electrons. The molecule has 0 aromatic carbocycles. The molecule has 0 spiro atoms. The average Bonchev–Trinajstić information content (AvgIpc) is 3.06. The number of halogens is 3. The second-order valence-corrected chi connectivity index (χ2v) is 4.88. The third-order valence-corrected chi connectivity index (χ3v) is 3.39. The summed E-state index contributed by atoms with van der Waals surface area (Å²) >= 11 is 0. The molecule has 1 saturated carbocycles. The van der Waals surface area contributed by atoms with Gasteiger partial charge in [-0.2, -0.15) is 13.2 Å². The van der Waals surface area contributed by atoms with Gasteiger partial charge in [0.05, 0.1) is 6.54 Å². The van der Waals surface area contributed by atoms with E-state index in [1.165, 1.54) is 6.20 Å². The van der Waals surface area contributed by atoms with Crippen LogP contribution in [0.1, 0.15) is 29.9 Å². The Morgan fingerprint density at radius 1 is 1.40 bits per heavy atom. The second kappa shape index (κ2) is 3.94. The van der Waals surface area contributed by atoms with Gasteiger partial charge in [0.25, 0.3) is 0 Å². The topological polar surface area (TPSA) is 71.7 Å². The molecule has 20 heavy (non-hydrogen) atoms. The third kappa shape index (κ3) is 1.91. The van der Waals surface area contributed by atoms with Gasteiger partial charge >= 0.3 is 12.1 Å². The molecule has 2 heterocycles. The van der Waals surface area contributed by atoms with Gasteiger partial charge in [0, 0.05) is 11.8 Å². The zero-order valence-electron chi connectivity index (χ0n) is 10.1. The fourth-order valence-electron chi connectivity index (χ4n) is 2.30. The van der Waals surface area contributed by atoms with Crippen LogP contribution >= 0.6 is 0 Å². The van der Waals surface area contributed by atoms with E-state index in [2.05, 4.69) is 4.99 Å². The molecule has 5 nitrogen and oxygen atoms in total. The lowest BCUT2D eigenvalue weighted by molar-refractivity contribution is -0.138. The molecule has 0 unspecified atom stereocenters. The second-order valence-electron chi connectivity index (χ2n) is 4.88. The molecule has 1 N–H and O–H groups in total. The molecule has 0 bridgehead atoms. The SMILES string of the molecule is O=C(O)C1=Nc2c(C(F)(F)F)c(=O)c(C3CC3)cn2C1. The summed E-state index contributed by atoms with van der Waals surface area (Å²) in [7, 11) is 0. The maximum absolute atomic E-state index is 13.1.